The van der Waals surface area contributed by atoms with Gasteiger partial charge < -0.3 is 10.6 Å². The molecular weight excluding hydrogens is 210 g/mol. The molecule has 1 fully saturated rings. The monoisotopic (exact) mass is 225 g/mol. The molecule has 1 aromatic rings. The fourth-order valence-corrected chi connectivity index (χ4v) is 2.89. The quantitative estimate of drug-likeness (QED) is 0.821. The number of hydrogen-bond donors (Lipinski definition) is 1. The van der Waals surface area contributed by atoms with Crippen LogP contribution in [0, 0.1) is 0 Å². The molecule has 2 heterocycles. The maximum Gasteiger partial charge on any atom is 0.223 e. The molecule has 2 atom stereocenters. The largest absolute Gasteiger partial charge is 0.333 e. The average molecular weight is 225 g/mol. The van der Waals surface area contributed by atoms with Crippen LogP contribution in [0.4, 0.5) is 0 Å². The molecule has 0 saturated carbocycles. The van der Waals surface area contributed by atoms with Gasteiger partial charge in [0.2, 0.25) is 5.91 Å². The van der Waals surface area contributed by atoms with E-state index in [0.717, 1.165) is 17.8 Å². The van der Waals surface area contributed by atoms with E-state index in [9.17, 15) is 4.79 Å². The minimum absolute atomic E-state index is 0.0312. The Balaban J connectivity index is 2.28. The lowest BCUT2D eigenvalue weighted by molar-refractivity contribution is -0.136. The number of hydrogen-bond acceptors (Lipinski definition) is 4. The fraction of sp³-hybridized carbons (Fsp3) is 0.600. The third-order valence-corrected chi connectivity index (χ3v) is 3.68. The van der Waals surface area contributed by atoms with Crippen molar-refractivity contribution in [2.45, 2.75) is 31.8 Å². The van der Waals surface area contributed by atoms with Crippen molar-refractivity contribution in [3.05, 3.63) is 16.6 Å². The van der Waals surface area contributed by atoms with Gasteiger partial charge in [-0.25, -0.2) is 0 Å². The number of piperidine rings is 1. The summed E-state index contributed by atoms with van der Waals surface area (Å²) in [6, 6.07) is 0.0758. The van der Waals surface area contributed by atoms with Crippen LogP contribution in [0.2, 0.25) is 0 Å². The Hall–Kier alpha value is -0.940. The third kappa shape index (κ3) is 1.89. The van der Waals surface area contributed by atoms with Crippen LogP contribution in [0.25, 0.3) is 0 Å². The molecule has 2 rings (SSSR count). The summed E-state index contributed by atoms with van der Waals surface area (Å²) in [5.74, 6) is 0.206. The molecule has 1 aliphatic rings. The summed E-state index contributed by atoms with van der Waals surface area (Å²) in [5, 5.41) is 0. The minimum Gasteiger partial charge on any atom is -0.333 e. The summed E-state index contributed by atoms with van der Waals surface area (Å²) in [6.45, 7) is 2.71. The van der Waals surface area contributed by atoms with Crippen molar-refractivity contribution in [3.8, 4) is 0 Å². The third-order valence-electron chi connectivity index (χ3n) is 2.84. The molecular formula is C10H15N3OS. The Kier molecular flexibility index (Phi) is 3.02. The van der Waals surface area contributed by atoms with E-state index in [-0.39, 0.29) is 18.0 Å². The van der Waals surface area contributed by atoms with E-state index >= 15 is 0 Å². The molecule has 15 heavy (non-hydrogen) atoms. The van der Waals surface area contributed by atoms with Gasteiger partial charge in [-0.3, -0.25) is 9.78 Å². The van der Waals surface area contributed by atoms with E-state index < -0.39 is 0 Å². The summed E-state index contributed by atoms with van der Waals surface area (Å²) in [5.41, 5.74) is 7.87. The second kappa shape index (κ2) is 4.28. The Labute approximate surface area is 93.1 Å². The molecule has 2 unspecified atom stereocenters. The zero-order valence-electron chi connectivity index (χ0n) is 8.72. The van der Waals surface area contributed by atoms with E-state index in [0.29, 0.717) is 6.42 Å². The smallest absolute Gasteiger partial charge is 0.223 e. The van der Waals surface area contributed by atoms with Gasteiger partial charge in [-0.1, -0.05) is 0 Å². The van der Waals surface area contributed by atoms with E-state index in [1.54, 1.807) is 16.8 Å². The van der Waals surface area contributed by atoms with E-state index in [4.69, 9.17) is 5.73 Å². The highest BCUT2D eigenvalue weighted by atomic mass is 32.1. The van der Waals surface area contributed by atoms with E-state index in [1.165, 1.54) is 0 Å². The van der Waals surface area contributed by atoms with Crippen molar-refractivity contribution in [2.24, 2.45) is 5.73 Å². The number of likely N-dealkylation sites (N-methyl/N-ethyl adjacent to an activating group) is 1. The highest BCUT2D eigenvalue weighted by molar-refractivity contribution is 7.09. The average Bonchev–Trinajstić information content (AvgIpc) is 2.74. The first kappa shape index (κ1) is 10.6. The molecule has 1 aliphatic heterocycles. The number of amides is 1. The van der Waals surface area contributed by atoms with Gasteiger partial charge in [0, 0.05) is 30.1 Å². The van der Waals surface area contributed by atoms with E-state index in [1.807, 2.05) is 18.0 Å². The summed E-state index contributed by atoms with van der Waals surface area (Å²) in [4.78, 5) is 18.7. The SMILES string of the molecule is CCN1C(=O)CCC(N)C1c1cncs1. The molecule has 0 aliphatic carbocycles. The van der Waals surface area contributed by atoms with Gasteiger partial charge in [0.25, 0.3) is 0 Å². The first-order valence-corrected chi connectivity index (χ1v) is 6.05. The van der Waals surface area contributed by atoms with Crippen molar-refractivity contribution < 1.29 is 4.79 Å². The Morgan fingerprint density at radius 2 is 2.53 bits per heavy atom. The maximum absolute atomic E-state index is 11.7. The summed E-state index contributed by atoms with van der Waals surface area (Å²) < 4.78 is 0. The first-order chi connectivity index (χ1) is 7.24. The van der Waals surface area contributed by atoms with Gasteiger partial charge in [-0.15, -0.1) is 11.3 Å². The van der Waals surface area contributed by atoms with Crippen LogP contribution in [0.3, 0.4) is 0 Å². The molecule has 5 heteroatoms. The first-order valence-electron chi connectivity index (χ1n) is 5.17. The van der Waals surface area contributed by atoms with Crippen molar-refractivity contribution in [1.82, 2.24) is 9.88 Å². The van der Waals surface area contributed by atoms with Crippen LogP contribution in [-0.4, -0.2) is 28.4 Å². The van der Waals surface area contributed by atoms with Gasteiger partial charge in [0.15, 0.2) is 0 Å². The number of nitrogens with zero attached hydrogens (tertiary/aromatic N) is 2. The van der Waals surface area contributed by atoms with Crippen molar-refractivity contribution in [2.75, 3.05) is 6.54 Å². The molecule has 1 amide bonds. The van der Waals surface area contributed by atoms with E-state index in [2.05, 4.69) is 4.98 Å². The lowest BCUT2D eigenvalue weighted by Gasteiger charge is -2.38. The zero-order valence-corrected chi connectivity index (χ0v) is 9.54. The van der Waals surface area contributed by atoms with Crippen molar-refractivity contribution in [3.63, 3.8) is 0 Å². The molecule has 0 bridgehead atoms. The van der Waals surface area contributed by atoms with Gasteiger partial charge in [-0.2, -0.15) is 0 Å². The minimum atomic E-state index is 0.0312. The van der Waals surface area contributed by atoms with Gasteiger partial charge in [0.1, 0.15) is 0 Å². The molecule has 0 spiro atoms. The van der Waals surface area contributed by atoms with Crippen LogP contribution in [-0.2, 0) is 4.79 Å². The molecule has 0 radical (unpaired) electrons. The van der Waals surface area contributed by atoms with Crippen LogP contribution in [0.1, 0.15) is 30.7 Å². The second-order valence-electron chi connectivity index (χ2n) is 3.73. The summed E-state index contributed by atoms with van der Waals surface area (Å²) >= 11 is 1.57. The van der Waals surface area contributed by atoms with Crippen LogP contribution in [0.5, 0.6) is 0 Å². The molecule has 0 aromatic carbocycles. The number of carbonyl (C=O) groups excluding carboxylic acids is 1. The molecule has 2 N–H and O–H groups in total. The number of likely N-dealkylation sites (tertiary alicyclic amines) is 1. The highest BCUT2D eigenvalue weighted by Gasteiger charge is 2.34. The highest BCUT2D eigenvalue weighted by Crippen LogP contribution is 2.32. The lowest BCUT2D eigenvalue weighted by Crippen LogP contribution is -2.48. The predicted molar refractivity (Wildman–Crippen MR) is 59.5 cm³/mol. The maximum atomic E-state index is 11.7. The Morgan fingerprint density at radius 3 is 3.13 bits per heavy atom. The number of rotatable bonds is 2. The molecule has 1 aromatic heterocycles. The Bertz CT molecular complexity index is 338. The molecule has 82 valence electrons. The zero-order chi connectivity index (χ0) is 10.8. The predicted octanol–water partition coefficient (Wildman–Crippen LogP) is 1.15. The number of nitrogens with two attached hydrogens (primary N) is 1. The second-order valence-corrected chi connectivity index (χ2v) is 4.65. The fourth-order valence-electron chi connectivity index (χ4n) is 2.09. The van der Waals surface area contributed by atoms with Crippen LogP contribution in [0.15, 0.2) is 11.7 Å². The molecule has 1 saturated heterocycles. The number of thiazole rings is 1. The standard InChI is InChI=1S/C10H15N3OS/c1-2-13-9(14)4-3-7(11)10(13)8-5-12-6-15-8/h5-7,10H,2-4,11H2,1H3. The topological polar surface area (TPSA) is 59.2 Å². The van der Waals surface area contributed by atoms with Gasteiger partial charge in [-0.05, 0) is 13.3 Å². The van der Waals surface area contributed by atoms with Crippen molar-refractivity contribution in [1.29, 1.82) is 0 Å². The summed E-state index contributed by atoms with van der Waals surface area (Å²) in [6.07, 6.45) is 3.17. The lowest BCUT2D eigenvalue weighted by atomic mass is 9.95. The van der Waals surface area contributed by atoms with Crippen LogP contribution < -0.4 is 5.73 Å². The molecule has 4 nitrogen and oxygen atoms in total. The number of carbonyl (C=O) groups is 1. The normalized spacial score (nSPS) is 27.1. The summed E-state index contributed by atoms with van der Waals surface area (Å²) in [7, 11) is 0. The van der Waals surface area contributed by atoms with Gasteiger partial charge in [0.05, 0.1) is 11.6 Å². The van der Waals surface area contributed by atoms with Gasteiger partial charge >= 0.3 is 0 Å². The Morgan fingerprint density at radius 1 is 1.73 bits per heavy atom. The van der Waals surface area contributed by atoms with Crippen molar-refractivity contribution >= 4 is 17.2 Å². The van der Waals surface area contributed by atoms with Crippen LogP contribution >= 0.6 is 11.3 Å². The number of aromatic nitrogens is 1.